The van der Waals surface area contributed by atoms with Crippen LogP contribution < -0.4 is 0 Å². The van der Waals surface area contributed by atoms with Crippen LogP contribution in [-0.2, 0) is 13.0 Å². The molecule has 0 fully saturated rings. The van der Waals surface area contributed by atoms with E-state index in [0.29, 0.717) is 11.0 Å². The van der Waals surface area contributed by atoms with E-state index in [9.17, 15) is 0 Å². The first-order chi connectivity index (χ1) is 8.17. The summed E-state index contributed by atoms with van der Waals surface area (Å²) < 4.78 is 2.00. The normalized spacial score (nSPS) is 10.8. The maximum Gasteiger partial charge on any atom is 0.179 e. The molecule has 5 heteroatoms. The Morgan fingerprint density at radius 3 is 2.65 bits per heavy atom. The molecular weight excluding hydrogens is 236 g/mol. The van der Waals surface area contributed by atoms with Gasteiger partial charge in [-0.2, -0.15) is 0 Å². The van der Waals surface area contributed by atoms with Gasteiger partial charge in [-0.3, -0.25) is 0 Å². The Kier molecular flexibility index (Phi) is 3.43. The van der Waals surface area contributed by atoms with Crippen LogP contribution in [0.15, 0.2) is 12.5 Å². The van der Waals surface area contributed by atoms with Crippen molar-refractivity contribution in [2.75, 3.05) is 0 Å². The quantitative estimate of drug-likeness (QED) is 0.787. The first-order valence-electron chi connectivity index (χ1n) is 5.70. The summed E-state index contributed by atoms with van der Waals surface area (Å²) in [5.41, 5.74) is 2.85. The van der Waals surface area contributed by atoms with E-state index >= 15 is 0 Å². The van der Waals surface area contributed by atoms with Crippen molar-refractivity contribution in [2.45, 2.75) is 33.7 Å². The van der Waals surface area contributed by atoms with E-state index in [1.54, 1.807) is 12.5 Å². The van der Waals surface area contributed by atoms with E-state index < -0.39 is 0 Å². The molecule has 0 unspecified atom stereocenters. The van der Waals surface area contributed by atoms with E-state index in [0.717, 1.165) is 29.9 Å². The summed E-state index contributed by atoms with van der Waals surface area (Å²) in [6.07, 6.45) is 4.38. The molecule has 0 amide bonds. The second-order valence-electron chi connectivity index (χ2n) is 3.82. The summed E-state index contributed by atoms with van der Waals surface area (Å²) in [4.78, 5) is 13.0. The van der Waals surface area contributed by atoms with Gasteiger partial charge in [-0.1, -0.05) is 18.5 Å². The third-order valence-corrected chi connectivity index (χ3v) is 3.11. The maximum absolute atomic E-state index is 6.17. The molecule has 2 aromatic rings. The maximum atomic E-state index is 6.17. The molecule has 4 nitrogen and oxygen atoms in total. The predicted molar refractivity (Wildman–Crippen MR) is 68.1 cm³/mol. The van der Waals surface area contributed by atoms with Gasteiger partial charge in [0.25, 0.3) is 0 Å². The zero-order chi connectivity index (χ0) is 12.4. The van der Waals surface area contributed by atoms with Crippen LogP contribution in [-0.4, -0.2) is 19.5 Å². The van der Waals surface area contributed by atoms with Gasteiger partial charge < -0.3 is 4.57 Å². The highest BCUT2D eigenvalue weighted by atomic mass is 35.5. The Hall–Kier alpha value is -1.42. The Labute approximate surface area is 106 Å². The summed E-state index contributed by atoms with van der Waals surface area (Å²) in [6.45, 7) is 6.90. The SMILES string of the molecule is CCc1c(C)nc(-c2cncn2CC)nc1Cl. The second-order valence-corrected chi connectivity index (χ2v) is 4.18. The van der Waals surface area contributed by atoms with Gasteiger partial charge in [0.1, 0.15) is 10.8 Å². The second kappa shape index (κ2) is 4.84. The Morgan fingerprint density at radius 1 is 1.29 bits per heavy atom. The first-order valence-corrected chi connectivity index (χ1v) is 6.08. The summed E-state index contributed by atoms with van der Waals surface area (Å²) in [5, 5.41) is 0.541. The van der Waals surface area contributed by atoms with Crippen molar-refractivity contribution < 1.29 is 0 Å². The molecule has 0 spiro atoms. The number of hydrogen-bond acceptors (Lipinski definition) is 3. The summed E-state index contributed by atoms with van der Waals surface area (Å²) in [6, 6.07) is 0. The van der Waals surface area contributed by atoms with E-state index in [4.69, 9.17) is 11.6 Å². The van der Waals surface area contributed by atoms with Crippen molar-refractivity contribution >= 4 is 11.6 Å². The summed E-state index contributed by atoms with van der Waals surface area (Å²) in [5.74, 6) is 0.643. The van der Waals surface area contributed by atoms with Gasteiger partial charge in [0.15, 0.2) is 5.82 Å². The van der Waals surface area contributed by atoms with Crippen LogP contribution in [0.25, 0.3) is 11.5 Å². The molecule has 0 N–H and O–H groups in total. The smallest absolute Gasteiger partial charge is 0.179 e. The molecule has 0 saturated heterocycles. The number of imidazole rings is 1. The van der Waals surface area contributed by atoms with Crippen molar-refractivity contribution in [3.05, 3.63) is 28.9 Å². The highest BCUT2D eigenvalue weighted by Crippen LogP contribution is 2.22. The highest BCUT2D eigenvalue weighted by molar-refractivity contribution is 6.30. The predicted octanol–water partition coefficient (Wildman–Crippen LogP) is 2.88. The summed E-state index contributed by atoms with van der Waals surface area (Å²) in [7, 11) is 0. The van der Waals surface area contributed by atoms with Gasteiger partial charge in [-0.25, -0.2) is 15.0 Å². The molecule has 2 aromatic heterocycles. The summed E-state index contributed by atoms with van der Waals surface area (Å²) >= 11 is 6.17. The molecular formula is C12H15ClN4. The largest absolute Gasteiger partial charge is 0.328 e. The van der Waals surface area contributed by atoms with Crippen LogP contribution in [0.4, 0.5) is 0 Å². The fourth-order valence-corrected chi connectivity index (χ4v) is 2.19. The van der Waals surface area contributed by atoms with Crippen molar-refractivity contribution in [3.63, 3.8) is 0 Å². The number of hydrogen-bond donors (Lipinski definition) is 0. The Bertz CT molecular complexity index is 510. The molecule has 0 aromatic carbocycles. The lowest BCUT2D eigenvalue weighted by molar-refractivity contribution is 0.762. The van der Waals surface area contributed by atoms with Gasteiger partial charge in [-0.15, -0.1) is 0 Å². The van der Waals surface area contributed by atoms with E-state index in [1.165, 1.54) is 0 Å². The molecule has 0 aliphatic carbocycles. The van der Waals surface area contributed by atoms with Crippen molar-refractivity contribution in [1.82, 2.24) is 19.5 Å². The third kappa shape index (κ3) is 2.17. The van der Waals surface area contributed by atoms with Crippen molar-refractivity contribution in [1.29, 1.82) is 0 Å². The first kappa shape index (κ1) is 12.0. The minimum absolute atomic E-state index is 0.541. The van der Waals surface area contributed by atoms with Gasteiger partial charge in [-0.05, 0) is 20.3 Å². The molecule has 17 heavy (non-hydrogen) atoms. The zero-order valence-electron chi connectivity index (χ0n) is 10.2. The van der Waals surface area contributed by atoms with Gasteiger partial charge in [0.05, 0.1) is 12.5 Å². The van der Waals surface area contributed by atoms with Crippen LogP contribution >= 0.6 is 11.6 Å². The number of rotatable bonds is 3. The third-order valence-electron chi connectivity index (χ3n) is 2.80. The molecule has 0 radical (unpaired) electrons. The standard InChI is InChI=1S/C12H15ClN4/c1-4-9-8(3)15-12(16-11(9)13)10-6-14-7-17(10)5-2/h6-7H,4-5H2,1-3H3. The number of nitrogens with zero attached hydrogens (tertiary/aromatic N) is 4. The Balaban J connectivity index is 2.54. The van der Waals surface area contributed by atoms with E-state index in [2.05, 4.69) is 21.9 Å². The van der Waals surface area contributed by atoms with Crippen LogP contribution in [0.1, 0.15) is 25.1 Å². The van der Waals surface area contributed by atoms with Gasteiger partial charge >= 0.3 is 0 Å². The molecule has 0 aliphatic heterocycles. The molecule has 0 atom stereocenters. The average molecular weight is 251 g/mol. The van der Waals surface area contributed by atoms with Gasteiger partial charge in [0.2, 0.25) is 0 Å². The minimum Gasteiger partial charge on any atom is -0.328 e. The molecule has 0 aliphatic rings. The van der Waals surface area contributed by atoms with Gasteiger partial charge in [0, 0.05) is 17.8 Å². The van der Waals surface area contributed by atoms with Crippen molar-refractivity contribution in [3.8, 4) is 11.5 Å². The number of aryl methyl sites for hydroxylation is 2. The van der Waals surface area contributed by atoms with Crippen LogP contribution in [0.3, 0.4) is 0 Å². The topological polar surface area (TPSA) is 43.6 Å². The fourth-order valence-electron chi connectivity index (χ4n) is 1.84. The molecule has 2 rings (SSSR count). The van der Waals surface area contributed by atoms with Crippen molar-refractivity contribution in [2.24, 2.45) is 0 Å². The number of halogens is 1. The zero-order valence-corrected chi connectivity index (χ0v) is 11.0. The lowest BCUT2D eigenvalue weighted by Crippen LogP contribution is -2.03. The highest BCUT2D eigenvalue weighted by Gasteiger charge is 2.12. The monoisotopic (exact) mass is 250 g/mol. The Morgan fingerprint density at radius 2 is 2.06 bits per heavy atom. The fraction of sp³-hybridized carbons (Fsp3) is 0.417. The molecule has 2 heterocycles. The lowest BCUT2D eigenvalue weighted by atomic mass is 10.2. The molecule has 0 bridgehead atoms. The van der Waals surface area contributed by atoms with Crippen LogP contribution in [0.5, 0.6) is 0 Å². The van der Waals surface area contributed by atoms with E-state index in [1.807, 2.05) is 18.4 Å². The van der Waals surface area contributed by atoms with Crippen LogP contribution in [0.2, 0.25) is 5.15 Å². The average Bonchev–Trinajstić information content (AvgIpc) is 2.76. The number of aromatic nitrogens is 4. The molecule has 90 valence electrons. The molecule has 0 saturated carbocycles. The van der Waals surface area contributed by atoms with E-state index in [-0.39, 0.29) is 0 Å². The van der Waals surface area contributed by atoms with Crippen LogP contribution in [0, 0.1) is 6.92 Å². The lowest BCUT2D eigenvalue weighted by Gasteiger charge is -2.08. The minimum atomic E-state index is 0.541.